The maximum absolute atomic E-state index is 13.2. The largest absolute Gasteiger partial charge is 0.444 e. The number of ketones is 1. The van der Waals surface area contributed by atoms with Gasteiger partial charge < -0.3 is 10.1 Å². The van der Waals surface area contributed by atoms with Crippen molar-refractivity contribution in [3.63, 3.8) is 0 Å². The van der Waals surface area contributed by atoms with E-state index in [1.165, 1.54) is 11.3 Å². The molecule has 3 rings (SSSR count). The van der Waals surface area contributed by atoms with E-state index in [1.54, 1.807) is 20.8 Å². The van der Waals surface area contributed by atoms with Crippen LogP contribution in [-0.4, -0.2) is 23.5 Å². The van der Waals surface area contributed by atoms with Gasteiger partial charge in [0.1, 0.15) is 5.60 Å². The van der Waals surface area contributed by atoms with Crippen LogP contribution >= 0.6 is 11.3 Å². The molecule has 0 bridgehead atoms. The summed E-state index contributed by atoms with van der Waals surface area (Å²) in [6.07, 6.45) is -11.5. The molecule has 1 unspecified atom stereocenters. The molecule has 4 nitrogen and oxygen atoms in total. The van der Waals surface area contributed by atoms with Crippen molar-refractivity contribution in [1.29, 1.82) is 0 Å². The lowest BCUT2D eigenvalue weighted by Gasteiger charge is -2.23. The second-order valence-corrected chi connectivity index (χ2v) is 10.5. The number of thiophene rings is 1. The van der Waals surface area contributed by atoms with E-state index in [1.807, 2.05) is 29.6 Å². The first-order valence-electron chi connectivity index (χ1n) is 11.3. The van der Waals surface area contributed by atoms with Crippen LogP contribution in [0.2, 0.25) is 0 Å². The van der Waals surface area contributed by atoms with Gasteiger partial charge in [-0.2, -0.15) is 26.3 Å². The summed E-state index contributed by atoms with van der Waals surface area (Å²) in [6.45, 7) is 4.92. The average Bonchev–Trinajstić information content (AvgIpc) is 3.17. The second-order valence-electron chi connectivity index (χ2n) is 9.54. The van der Waals surface area contributed by atoms with Crippen molar-refractivity contribution in [3.8, 4) is 0 Å². The summed E-state index contributed by atoms with van der Waals surface area (Å²) in [5.74, 6) is -0.549. The lowest BCUT2D eigenvalue weighted by Crippen LogP contribution is -2.44. The van der Waals surface area contributed by atoms with Crippen molar-refractivity contribution >= 4 is 33.3 Å². The Bertz CT molecular complexity index is 1240. The summed E-state index contributed by atoms with van der Waals surface area (Å²) < 4.78 is 85.3. The monoisotopic (exact) mass is 545 g/mol. The lowest BCUT2D eigenvalue weighted by molar-refractivity contribution is -0.143. The molecule has 3 aromatic rings. The molecular weight excluding hydrogens is 520 g/mol. The molecule has 1 atom stereocenters. The van der Waals surface area contributed by atoms with E-state index in [0.29, 0.717) is 12.1 Å². The number of aryl methyl sites for hydroxylation is 1. The highest BCUT2D eigenvalue weighted by Gasteiger charge is 2.37. The lowest BCUT2D eigenvalue weighted by atomic mass is 9.96. The maximum atomic E-state index is 13.2. The van der Waals surface area contributed by atoms with Crippen molar-refractivity contribution < 1.29 is 40.7 Å². The number of hydrogen-bond acceptors (Lipinski definition) is 4. The molecule has 37 heavy (non-hydrogen) atoms. The SMILES string of the molecule is CC(C)(C)OC(=O)NC(Cc1csc2ccccc12)C(=O)CCc1cc(C(F)(F)F)cc(C(F)(F)F)c1. The highest BCUT2D eigenvalue weighted by molar-refractivity contribution is 7.17. The summed E-state index contributed by atoms with van der Waals surface area (Å²) in [7, 11) is 0. The molecule has 1 amide bonds. The number of ether oxygens (including phenoxy) is 1. The zero-order chi connectivity index (χ0) is 27.6. The molecule has 11 heteroatoms. The molecule has 0 spiro atoms. The topological polar surface area (TPSA) is 55.4 Å². The number of hydrogen-bond donors (Lipinski definition) is 1. The number of alkyl carbamates (subject to hydrolysis) is 1. The highest BCUT2D eigenvalue weighted by atomic mass is 32.1. The van der Waals surface area contributed by atoms with Crippen LogP contribution in [0.25, 0.3) is 10.1 Å². The number of alkyl halides is 6. The zero-order valence-electron chi connectivity index (χ0n) is 20.2. The number of Topliss-reactive ketones (excluding diaryl/α,β-unsaturated/α-hetero) is 1. The van der Waals surface area contributed by atoms with E-state index in [4.69, 9.17) is 4.74 Å². The van der Waals surface area contributed by atoms with Crippen molar-refractivity contribution in [3.05, 3.63) is 70.1 Å². The molecular formula is C26H25F6NO3S. The van der Waals surface area contributed by atoms with Gasteiger partial charge in [-0.1, -0.05) is 18.2 Å². The van der Waals surface area contributed by atoms with Crippen LogP contribution in [0.15, 0.2) is 47.8 Å². The zero-order valence-corrected chi connectivity index (χ0v) is 21.0. The predicted octanol–water partition coefficient (Wildman–Crippen LogP) is 7.58. The van der Waals surface area contributed by atoms with Gasteiger partial charge in [-0.3, -0.25) is 4.79 Å². The molecule has 1 N–H and O–H groups in total. The Kier molecular flexibility index (Phi) is 8.26. The summed E-state index contributed by atoms with van der Waals surface area (Å²) in [5, 5.41) is 5.23. The number of fused-ring (bicyclic) bond motifs is 1. The number of benzene rings is 2. The van der Waals surface area contributed by atoms with Crippen LogP contribution in [0.4, 0.5) is 31.1 Å². The van der Waals surface area contributed by atoms with Crippen LogP contribution in [0, 0.1) is 0 Å². The molecule has 0 fully saturated rings. The number of nitrogens with one attached hydrogen (secondary N) is 1. The molecule has 1 aromatic heterocycles. The molecule has 0 radical (unpaired) electrons. The molecule has 0 saturated heterocycles. The van der Waals surface area contributed by atoms with Crippen molar-refractivity contribution in [2.75, 3.05) is 0 Å². The minimum atomic E-state index is -4.99. The van der Waals surface area contributed by atoms with Gasteiger partial charge in [0.05, 0.1) is 17.2 Å². The first-order valence-corrected chi connectivity index (χ1v) is 12.2. The summed E-state index contributed by atoms with van der Waals surface area (Å²) in [6, 6.07) is 7.58. The fraction of sp³-hybridized carbons (Fsp3) is 0.385. The molecule has 200 valence electrons. The third kappa shape index (κ3) is 7.95. The Hall–Kier alpha value is -3.08. The third-order valence-corrected chi connectivity index (χ3v) is 6.38. The number of carbonyl (C=O) groups is 2. The second kappa shape index (κ2) is 10.7. The summed E-state index contributed by atoms with van der Waals surface area (Å²) in [5.41, 5.74) is -3.25. The molecule has 1 heterocycles. The van der Waals surface area contributed by atoms with Gasteiger partial charge in [0.2, 0.25) is 0 Å². The van der Waals surface area contributed by atoms with Crippen LogP contribution in [0.3, 0.4) is 0 Å². The number of amides is 1. The van der Waals surface area contributed by atoms with Crippen LogP contribution < -0.4 is 5.32 Å². The number of rotatable bonds is 7. The normalized spacial score (nSPS) is 13.4. The fourth-order valence-electron chi connectivity index (χ4n) is 3.71. The fourth-order valence-corrected chi connectivity index (χ4v) is 4.69. The van der Waals surface area contributed by atoms with Gasteiger partial charge >= 0.3 is 18.4 Å². The van der Waals surface area contributed by atoms with Gasteiger partial charge in [-0.15, -0.1) is 11.3 Å². The molecule has 0 aliphatic heterocycles. The standard InChI is InChI=1S/C26H25F6NO3S/c1-24(2,3)36-23(35)33-20(12-16-14-37-22-7-5-4-6-19(16)22)21(34)9-8-15-10-17(25(27,28)29)13-18(11-15)26(30,31)32/h4-7,10-11,13-14,20H,8-9,12H2,1-3H3,(H,33,35). The molecule has 0 saturated carbocycles. The molecule has 0 aliphatic rings. The first-order chi connectivity index (χ1) is 17.0. The van der Waals surface area contributed by atoms with Crippen molar-refractivity contribution in [1.82, 2.24) is 5.32 Å². The Labute approximate surface area is 213 Å². The maximum Gasteiger partial charge on any atom is 0.416 e. The molecule has 0 aliphatic carbocycles. The average molecular weight is 546 g/mol. The van der Waals surface area contributed by atoms with Crippen LogP contribution in [0.1, 0.15) is 49.4 Å². The summed E-state index contributed by atoms with van der Waals surface area (Å²) >= 11 is 1.45. The quantitative estimate of drug-likeness (QED) is 0.312. The van der Waals surface area contributed by atoms with E-state index in [9.17, 15) is 35.9 Å². The van der Waals surface area contributed by atoms with Crippen molar-refractivity contribution in [2.45, 2.75) is 64.0 Å². The van der Waals surface area contributed by atoms with E-state index < -0.39 is 47.0 Å². The summed E-state index contributed by atoms with van der Waals surface area (Å²) in [4.78, 5) is 25.5. The van der Waals surface area contributed by atoms with E-state index in [-0.39, 0.29) is 30.9 Å². The Morgan fingerprint density at radius 1 is 0.946 bits per heavy atom. The smallest absolute Gasteiger partial charge is 0.416 e. The van der Waals surface area contributed by atoms with Gasteiger partial charge in [-0.05, 0) is 73.4 Å². The van der Waals surface area contributed by atoms with Crippen molar-refractivity contribution in [2.24, 2.45) is 0 Å². The number of carbonyl (C=O) groups excluding carboxylic acids is 2. The molecule has 2 aromatic carbocycles. The van der Waals surface area contributed by atoms with E-state index in [0.717, 1.165) is 15.6 Å². The van der Waals surface area contributed by atoms with Gasteiger partial charge in [-0.25, -0.2) is 4.79 Å². The highest BCUT2D eigenvalue weighted by Crippen LogP contribution is 2.36. The minimum absolute atomic E-state index is 0.0415. The van der Waals surface area contributed by atoms with E-state index in [2.05, 4.69) is 5.32 Å². The Morgan fingerprint density at radius 3 is 2.11 bits per heavy atom. The Balaban J connectivity index is 1.84. The number of halogens is 6. The van der Waals surface area contributed by atoms with Gasteiger partial charge in [0, 0.05) is 17.5 Å². The van der Waals surface area contributed by atoms with Crippen LogP contribution in [0.5, 0.6) is 0 Å². The van der Waals surface area contributed by atoms with Gasteiger partial charge in [0.25, 0.3) is 0 Å². The predicted molar refractivity (Wildman–Crippen MR) is 128 cm³/mol. The van der Waals surface area contributed by atoms with E-state index >= 15 is 0 Å². The first kappa shape index (κ1) is 28.5. The Morgan fingerprint density at radius 2 is 1.54 bits per heavy atom. The third-order valence-electron chi connectivity index (χ3n) is 5.37. The van der Waals surface area contributed by atoms with Crippen LogP contribution in [-0.2, 0) is 34.7 Å². The minimum Gasteiger partial charge on any atom is -0.444 e. The van der Waals surface area contributed by atoms with Gasteiger partial charge in [0.15, 0.2) is 5.78 Å².